The molecule has 0 saturated heterocycles. The molecule has 222 valence electrons. The van der Waals surface area contributed by atoms with Crippen molar-refractivity contribution < 1.29 is 19.1 Å². The quantitative estimate of drug-likeness (QED) is 0.263. The summed E-state index contributed by atoms with van der Waals surface area (Å²) in [6.07, 6.45) is 14.5. The maximum absolute atomic E-state index is 12.0. The fourth-order valence-corrected chi connectivity index (χ4v) is 4.25. The number of nitrogens with two attached hydrogens (primary N) is 2. The summed E-state index contributed by atoms with van der Waals surface area (Å²) in [6, 6.07) is 10.3. The number of carbonyl (C=O) groups excluding carboxylic acids is 2. The molecule has 0 radical (unpaired) electrons. The number of aromatic nitrogens is 4. The predicted molar refractivity (Wildman–Crippen MR) is 159 cm³/mol. The lowest BCUT2D eigenvalue weighted by Crippen LogP contribution is -2.29. The van der Waals surface area contributed by atoms with Crippen LogP contribution in [0.15, 0.2) is 78.7 Å². The van der Waals surface area contributed by atoms with Gasteiger partial charge in [-0.05, 0) is 55.2 Å². The second kappa shape index (κ2) is 17.0. The average Bonchev–Trinajstić information content (AvgIpc) is 3.01. The number of hydrogen-bond donors (Lipinski definition) is 4. The van der Waals surface area contributed by atoms with Crippen molar-refractivity contribution in [2.24, 2.45) is 17.4 Å². The van der Waals surface area contributed by atoms with Gasteiger partial charge in [-0.25, -0.2) is 0 Å². The fourth-order valence-electron chi connectivity index (χ4n) is 4.25. The Kier molecular flexibility index (Phi) is 12.7. The number of nitrogens with zero attached hydrogens (tertiary/aromatic N) is 4. The SMILES string of the molecule is COc1ccnc(CC(=O)N/C(N)=C/C=C(\N)C2CCCCC2)c1.COc1ccnc(CC(=O)Nc2cccnn2)c1. The predicted octanol–water partition coefficient (Wildman–Crippen LogP) is 3.03. The zero-order valence-corrected chi connectivity index (χ0v) is 24.0. The smallest absolute Gasteiger partial charge is 0.231 e. The Morgan fingerprint density at radius 1 is 0.881 bits per heavy atom. The minimum absolute atomic E-state index is 0.133. The van der Waals surface area contributed by atoms with Gasteiger partial charge in [-0.3, -0.25) is 19.6 Å². The lowest BCUT2D eigenvalue weighted by molar-refractivity contribution is -0.120. The molecule has 42 heavy (non-hydrogen) atoms. The number of amides is 2. The Bertz CT molecular complexity index is 1360. The van der Waals surface area contributed by atoms with Crippen molar-refractivity contribution in [2.75, 3.05) is 19.5 Å². The second-order valence-corrected chi connectivity index (χ2v) is 9.56. The number of nitrogens with one attached hydrogen (secondary N) is 2. The molecule has 0 unspecified atom stereocenters. The third-order valence-corrected chi connectivity index (χ3v) is 6.39. The third kappa shape index (κ3) is 11.2. The third-order valence-electron chi connectivity index (χ3n) is 6.39. The van der Waals surface area contributed by atoms with Crippen molar-refractivity contribution >= 4 is 17.6 Å². The number of allylic oxidation sites excluding steroid dienone is 3. The van der Waals surface area contributed by atoms with Crippen molar-refractivity contribution in [3.63, 3.8) is 0 Å². The van der Waals surface area contributed by atoms with Crippen LogP contribution in [-0.2, 0) is 22.4 Å². The first-order valence-corrected chi connectivity index (χ1v) is 13.6. The van der Waals surface area contributed by atoms with Gasteiger partial charge < -0.3 is 31.6 Å². The van der Waals surface area contributed by atoms with E-state index in [1.165, 1.54) is 19.3 Å². The summed E-state index contributed by atoms with van der Waals surface area (Å²) in [5.74, 6) is 2.05. The van der Waals surface area contributed by atoms with E-state index in [0.717, 1.165) is 18.5 Å². The van der Waals surface area contributed by atoms with E-state index in [1.54, 1.807) is 81.4 Å². The lowest BCUT2D eigenvalue weighted by atomic mass is 9.87. The van der Waals surface area contributed by atoms with Crippen LogP contribution in [-0.4, -0.2) is 46.2 Å². The molecule has 0 spiro atoms. The van der Waals surface area contributed by atoms with Gasteiger partial charge in [0.25, 0.3) is 0 Å². The summed E-state index contributed by atoms with van der Waals surface area (Å²) in [7, 11) is 3.14. The first kappa shape index (κ1) is 31.5. The molecule has 1 fully saturated rings. The van der Waals surface area contributed by atoms with Crippen molar-refractivity contribution in [1.82, 2.24) is 25.5 Å². The first-order chi connectivity index (χ1) is 20.4. The highest BCUT2D eigenvalue weighted by atomic mass is 16.5. The van der Waals surface area contributed by atoms with E-state index in [1.807, 2.05) is 0 Å². The van der Waals surface area contributed by atoms with Crippen LogP contribution >= 0.6 is 0 Å². The van der Waals surface area contributed by atoms with Gasteiger partial charge in [0, 0.05) is 36.4 Å². The van der Waals surface area contributed by atoms with Gasteiger partial charge in [0.05, 0.1) is 38.4 Å². The van der Waals surface area contributed by atoms with E-state index in [9.17, 15) is 9.59 Å². The van der Waals surface area contributed by atoms with Gasteiger partial charge in [0.1, 0.15) is 17.3 Å². The Hall–Kier alpha value is -5.00. The van der Waals surface area contributed by atoms with Crippen LogP contribution < -0.4 is 31.6 Å². The van der Waals surface area contributed by atoms with E-state index in [4.69, 9.17) is 20.9 Å². The minimum atomic E-state index is -0.228. The second-order valence-electron chi connectivity index (χ2n) is 9.56. The molecule has 3 aromatic rings. The van der Waals surface area contributed by atoms with Crippen molar-refractivity contribution in [1.29, 1.82) is 0 Å². The van der Waals surface area contributed by atoms with Crippen LogP contribution in [0.25, 0.3) is 0 Å². The summed E-state index contributed by atoms with van der Waals surface area (Å²) >= 11 is 0. The molecule has 3 aromatic heterocycles. The first-order valence-electron chi connectivity index (χ1n) is 13.6. The van der Waals surface area contributed by atoms with Crippen LogP contribution in [0, 0.1) is 5.92 Å². The molecular weight excluding hydrogens is 536 g/mol. The van der Waals surface area contributed by atoms with Gasteiger partial charge in [-0.1, -0.05) is 19.3 Å². The van der Waals surface area contributed by atoms with Crippen LogP contribution in [0.4, 0.5) is 5.82 Å². The minimum Gasteiger partial charge on any atom is -0.497 e. The van der Waals surface area contributed by atoms with Gasteiger partial charge in [-0.2, -0.15) is 5.10 Å². The Morgan fingerprint density at radius 2 is 1.50 bits per heavy atom. The number of ether oxygens (including phenoxy) is 2. The molecule has 12 heteroatoms. The summed E-state index contributed by atoms with van der Waals surface area (Å²) in [6.45, 7) is 0. The van der Waals surface area contributed by atoms with Crippen LogP contribution in [0.2, 0.25) is 0 Å². The van der Waals surface area contributed by atoms with Gasteiger partial charge in [-0.15, -0.1) is 5.10 Å². The number of carbonyl (C=O) groups is 2. The van der Waals surface area contributed by atoms with Crippen LogP contribution in [0.5, 0.6) is 11.5 Å². The summed E-state index contributed by atoms with van der Waals surface area (Å²) in [4.78, 5) is 32.0. The summed E-state index contributed by atoms with van der Waals surface area (Å²) in [5.41, 5.74) is 14.0. The molecule has 3 heterocycles. The molecule has 4 rings (SSSR count). The number of hydrogen-bond acceptors (Lipinski definition) is 10. The Morgan fingerprint density at radius 3 is 2.07 bits per heavy atom. The zero-order chi connectivity index (χ0) is 30.2. The van der Waals surface area contributed by atoms with E-state index < -0.39 is 0 Å². The molecule has 0 bridgehead atoms. The standard InChI is InChI=1S/C18H26N4O2.C12H12N4O2/c1-24-15-9-10-21-14(11-15)12-18(23)22-17(20)8-7-16(19)13-5-3-2-4-6-13;1-18-10-4-6-13-9(7-10)8-12(17)15-11-3-2-5-14-16-11/h7-11,13H,2-6,12,19-20H2,1H3,(H,22,23);2-7H,8H2,1H3,(H,15,16,17)/b16-7-,17-8+;. The molecular formula is C30H38N8O4. The van der Waals surface area contributed by atoms with E-state index in [2.05, 4.69) is 30.8 Å². The molecule has 0 aliphatic heterocycles. The summed E-state index contributed by atoms with van der Waals surface area (Å²) < 4.78 is 10.2. The molecule has 0 aromatic carbocycles. The van der Waals surface area contributed by atoms with Gasteiger partial charge >= 0.3 is 0 Å². The van der Waals surface area contributed by atoms with Crippen LogP contribution in [0.1, 0.15) is 43.5 Å². The normalized spacial score (nSPS) is 13.8. The molecule has 0 atom stereocenters. The van der Waals surface area contributed by atoms with E-state index >= 15 is 0 Å². The molecule has 1 saturated carbocycles. The Balaban J connectivity index is 0.000000240. The number of methoxy groups -OCH3 is 2. The average molecular weight is 575 g/mol. The van der Waals surface area contributed by atoms with Crippen molar-refractivity contribution in [3.8, 4) is 11.5 Å². The largest absolute Gasteiger partial charge is 0.497 e. The Labute approximate surface area is 245 Å². The molecule has 1 aliphatic rings. The summed E-state index contributed by atoms with van der Waals surface area (Å²) in [5, 5.41) is 12.7. The highest BCUT2D eigenvalue weighted by Gasteiger charge is 2.15. The van der Waals surface area contributed by atoms with Gasteiger partial charge in [0.2, 0.25) is 11.8 Å². The van der Waals surface area contributed by atoms with Crippen LogP contribution in [0.3, 0.4) is 0 Å². The fraction of sp³-hybridized carbons (Fsp3) is 0.333. The van der Waals surface area contributed by atoms with Crippen molar-refractivity contribution in [2.45, 2.75) is 44.9 Å². The number of anilines is 1. The number of pyridine rings is 2. The molecule has 12 nitrogen and oxygen atoms in total. The van der Waals surface area contributed by atoms with Crippen molar-refractivity contribution in [3.05, 3.63) is 90.0 Å². The maximum Gasteiger partial charge on any atom is 0.231 e. The van der Waals surface area contributed by atoms with E-state index in [0.29, 0.717) is 34.6 Å². The topological polar surface area (TPSA) is 180 Å². The lowest BCUT2D eigenvalue weighted by Gasteiger charge is -2.21. The van der Waals surface area contributed by atoms with E-state index in [-0.39, 0.29) is 30.5 Å². The maximum atomic E-state index is 12.0. The highest BCUT2D eigenvalue weighted by Crippen LogP contribution is 2.27. The molecule has 6 N–H and O–H groups in total. The number of rotatable bonds is 10. The highest BCUT2D eigenvalue weighted by molar-refractivity contribution is 5.91. The monoisotopic (exact) mass is 574 g/mol. The molecule has 1 aliphatic carbocycles. The molecule has 2 amide bonds. The zero-order valence-electron chi connectivity index (χ0n) is 24.0. The van der Waals surface area contributed by atoms with Gasteiger partial charge in [0.15, 0.2) is 5.82 Å².